The van der Waals surface area contributed by atoms with Gasteiger partial charge in [-0.15, -0.1) is 0 Å². The molecule has 0 radical (unpaired) electrons. The van der Waals surface area contributed by atoms with Gasteiger partial charge in [0.05, 0.1) is 12.2 Å². The Labute approximate surface area is 60.3 Å². The fourth-order valence-electron chi connectivity index (χ4n) is 0.596. The molecular weight excluding hydrogens is 134 g/mol. The maximum absolute atomic E-state index is 9.03. The molecule has 0 saturated carbocycles. The van der Waals surface area contributed by atoms with E-state index in [4.69, 9.17) is 21.1 Å². The Bertz CT molecular complexity index is 83.0. The van der Waals surface area contributed by atoms with E-state index < -0.39 is 24.4 Å². The Morgan fingerprint density at radius 2 is 1.40 bits per heavy atom. The van der Waals surface area contributed by atoms with E-state index in [1.165, 1.54) is 6.92 Å². The van der Waals surface area contributed by atoms with Crippen LogP contribution in [0.15, 0.2) is 0 Å². The second-order valence-corrected chi connectivity index (χ2v) is 2.58. The van der Waals surface area contributed by atoms with Crippen molar-refractivity contribution in [3.05, 3.63) is 0 Å². The zero-order valence-electron chi connectivity index (χ0n) is 6.23. The van der Waals surface area contributed by atoms with E-state index in [-0.39, 0.29) is 0 Å². The monoisotopic (exact) mass is 149 g/mol. The lowest BCUT2D eigenvalue weighted by Gasteiger charge is -2.22. The molecule has 0 aromatic carbocycles. The Hall–Kier alpha value is -0.160. The fourth-order valence-corrected chi connectivity index (χ4v) is 0.596. The SMILES string of the molecule is C[C@@H](N)[C@@H](O)[C@@H](O)[C@@H](C)O. The molecule has 0 heterocycles. The summed E-state index contributed by atoms with van der Waals surface area (Å²) in [7, 11) is 0. The third-order valence-corrected chi connectivity index (χ3v) is 1.38. The highest BCUT2D eigenvalue weighted by atomic mass is 16.4. The van der Waals surface area contributed by atoms with E-state index in [0.717, 1.165) is 0 Å². The van der Waals surface area contributed by atoms with Crippen LogP contribution >= 0.6 is 0 Å². The summed E-state index contributed by atoms with van der Waals surface area (Å²) in [6.07, 6.45) is -3.15. The lowest BCUT2D eigenvalue weighted by atomic mass is 10.0. The number of hydrogen-bond donors (Lipinski definition) is 4. The maximum atomic E-state index is 9.03. The second-order valence-electron chi connectivity index (χ2n) is 2.58. The largest absolute Gasteiger partial charge is 0.391 e. The van der Waals surface area contributed by atoms with Crippen LogP contribution in [0.3, 0.4) is 0 Å². The summed E-state index contributed by atoms with van der Waals surface area (Å²) in [4.78, 5) is 0. The van der Waals surface area contributed by atoms with Gasteiger partial charge in [-0.2, -0.15) is 0 Å². The van der Waals surface area contributed by atoms with Crippen LogP contribution in [0.4, 0.5) is 0 Å². The van der Waals surface area contributed by atoms with Gasteiger partial charge in [-0.05, 0) is 13.8 Å². The van der Waals surface area contributed by atoms with Crippen LogP contribution in [0.1, 0.15) is 13.8 Å². The molecule has 0 aliphatic heterocycles. The van der Waals surface area contributed by atoms with Gasteiger partial charge in [0.15, 0.2) is 0 Å². The Kier molecular flexibility index (Phi) is 3.81. The second kappa shape index (κ2) is 3.88. The zero-order chi connectivity index (χ0) is 8.31. The molecule has 0 aliphatic carbocycles. The molecule has 4 atom stereocenters. The van der Waals surface area contributed by atoms with Gasteiger partial charge in [0, 0.05) is 6.04 Å². The highest BCUT2D eigenvalue weighted by Crippen LogP contribution is 2.01. The Morgan fingerprint density at radius 3 is 1.50 bits per heavy atom. The van der Waals surface area contributed by atoms with Crippen LogP contribution in [-0.2, 0) is 0 Å². The third kappa shape index (κ3) is 2.62. The minimum Gasteiger partial charge on any atom is -0.391 e. The van der Waals surface area contributed by atoms with Gasteiger partial charge < -0.3 is 21.1 Å². The first-order chi connectivity index (χ1) is 4.46. The van der Waals surface area contributed by atoms with Gasteiger partial charge in [-0.3, -0.25) is 0 Å². The van der Waals surface area contributed by atoms with Gasteiger partial charge in [0.25, 0.3) is 0 Å². The van der Waals surface area contributed by atoms with Crippen molar-refractivity contribution in [2.45, 2.75) is 38.2 Å². The number of rotatable bonds is 3. The van der Waals surface area contributed by atoms with Crippen molar-refractivity contribution in [2.24, 2.45) is 5.73 Å². The highest BCUT2D eigenvalue weighted by molar-refractivity contribution is 4.78. The molecule has 0 amide bonds. The topological polar surface area (TPSA) is 86.7 Å². The molecule has 0 aromatic rings. The van der Waals surface area contributed by atoms with E-state index in [9.17, 15) is 0 Å². The molecule has 62 valence electrons. The van der Waals surface area contributed by atoms with Crippen molar-refractivity contribution < 1.29 is 15.3 Å². The van der Waals surface area contributed by atoms with Crippen molar-refractivity contribution >= 4 is 0 Å². The summed E-state index contributed by atoms with van der Waals surface area (Å²) in [6, 6.07) is -0.524. The van der Waals surface area contributed by atoms with Crippen molar-refractivity contribution in [3.8, 4) is 0 Å². The first kappa shape index (κ1) is 9.84. The van der Waals surface area contributed by atoms with E-state index in [0.29, 0.717) is 0 Å². The van der Waals surface area contributed by atoms with Crippen molar-refractivity contribution in [1.82, 2.24) is 0 Å². The highest BCUT2D eigenvalue weighted by Gasteiger charge is 2.23. The number of hydrogen-bond acceptors (Lipinski definition) is 4. The molecule has 4 heteroatoms. The van der Waals surface area contributed by atoms with Gasteiger partial charge in [0.2, 0.25) is 0 Å². The minimum absolute atomic E-state index is 0.524. The molecule has 0 rings (SSSR count). The molecule has 4 nitrogen and oxygen atoms in total. The molecule has 0 aliphatic rings. The molecule has 0 spiro atoms. The van der Waals surface area contributed by atoms with Crippen LogP contribution in [0.2, 0.25) is 0 Å². The van der Waals surface area contributed by atoms with Crippen LogP contribution in [0, 0.1) is 0 Å². The lowest BCUT2D eigenvalue weighted by molar-refractivity contribution is -0.0586. The first-order valence-corrected chi connectivity index (χ1v) is 3.26. The van der Waals surface area contributed by atoms with Crippen molar-refractivity contribution in [3.63, 3.8) is 0 Å². The van der Waals surface area contributed by atoms with Crippen LogP contribution in [0.25, 0.3) is 0 Å². The van der Waals surface area contributed by atoms with Crippen molar-refractivity contribution in [2.75, 3.05) is 0 Å². The lowest BCUT2D eigenvalue weighted by Crippen LogP contribution is -2.45. The van der Waals surface area contributed by atoms with E-state index in [1.807, 2.05) is 0 Å². The van der Waals surface area contributed by atoms with Gasteiger partial charge in [0.1, 0.15) is 6.10 Å². The molecule has 0 aromatic heterocycles. The standard InChI is InChI=1S/C6H15NO3/c1-3(7)5(9)6(10)4(2)8/h3-6,8-10H,7H2,1-2H3/t3-,4-,5-,6+/m1/s1. The smallest absolute Gasteiger partial charge is 0.107 e. The predicted molar refractivity (Wildman–Crippen MR) is 37.3 cm³/mol. The van der Waals surface area contributed by atoms with E-state index >= 15 is 0 Å². The molecule has 5 N–H and O–H groups in total. The predicted octanol–water partition coefficient (Wildman–Crippen LogP) is -1.56. The molecule has 0 saturated heterocycles. The molecule has 0 fully saturated rings. The summed E-state index contributed by atoms with van der Waals surface area (Å²) in [5.74, 6) is 0. The average Bonchev–Trinajstić information content (AvgIpc) is 1.84. The summed E-state index contributed by atoms with van der Waals surface area (Å²) in [5.41, 5.74) is 5.25. The Morgan fingerprint density at radius 1 is 1.00 bits per heavy atom. The quantitative estimate of drug-likeness (QED) is 0.391. The normalized spacial score (nSPS) is 23.4. The van der Waals surface area contributed by atoms with Crippen LogP contribution in [-0.4, -0.2) is 39.7 Å². The Balaban J connectivity index is 3.81. The summed E-state index contributed by atoms with van der Waals surface area (Å²) >= 11 is 0. The van der Waals surface area contributed by atoms with Gasteiger partial charge >= 0.3 is 0 Å². The van der Waals surface area contributed by atoms with Crippen LogP contribution in [0.5, 0.6) is 0 Å². The number of aliphatic hydroxyl groups excluding tert-OH is 3. The zero-order valence-corrected chi connectivity index (χ0v) is 6.23. The van der Waals surface area contributed by atoms with Crippen molar-refractivity contribution in [1.29, 1.82) is 0 Å². The molecular formula is C6H15NO3. The molecule has 0 bridgehead atoms. The minimum atomic E-state index is -1.15. The third-order valence-electron chi connectivity index (χ3n) is 1.38. The van der Waals surface area contributed by atoms with Crippen LogP contribution < -0.4 is 5.73 Å². The fraction of sp³-hybridized carbons (Fsp3) is 1.00. The van der Waals surface area contributed by atoms with E-state index in [1.54, 1.807) is 6.92 Å². The summed E-state index contributed by atoms with van der Waals surface area (Å²) in [5, 5.41) is 26.8. The van der Waals surface area contributed by atoms with E-state index in [2.05, 4.69) is 0 Å². The number of nitrogens with two attached hydrogens (primary N) is 1. The first-order valence-electron chi connectivity index (χ1n) is 3.26. The summed E-state index contributed by atoms with van der Waals surface area (Å²) in [6.45, 7) is 2.96. The van der Waals surface area contributed by atoms with Gasteiger partial charge in [-0.1, -0.05) is 0 Å². The molecule has 0 unspecified atom stereocenters. The molecule has 10 heavy (non-hydrogen) atoms. The maximum Gasteiger partial charge on any atom is 0.107 e. The average molecular weight is 149 g/mol. The van der Waals surface area contributed by atoms with Gasteiger partial charge in [-0.25, -0.2) is 0 Å². The summed E-state index contributed by atoms with van der Waals surface area (Å²) < 4.78 is 0. The number of aliphatic hydroxyl groups is 3.